The van der Waals surface area contributed by atoms with E-state index < -0.39 is 11.2 Å². The Morgan fingerprint density at radius 3 is 2.50 bits per heavy atom. The molecule has 0 saturated heterocycles. The van der Waals surface area contributed by atoms with Crippen molar-refractivity contribution >= 4 is 23.5 Å². The van der Waals surface area contributed by atoms with Crippen LogP contribution in [-0.2, 0) is 11.3 Å². The smallest absolute Gasteiger partial charge is 0.339 e. The molecule has 1 N–H and O–H groups in total. The lowest BCUT2D eigenvalue weighted by atomic mass is 10.1. The Kier molecular flexibility index (Phi) is 7.18. The Morgan fingerprint density at radius 1 is 1.19 bits per heavy atom. The van der Waals surface area contributed by atoms with E-state index in [1.807, 2.05) is 18.4 Å². The summed E-state index contributed by atoms with van der Waals surface area (Å²) in [6.45, 7) is 9.90. The van der Waals surface area contributed by atoms with E-state index in [1.54, 1.807) is 39.0 Å². The molecule has 0 amide bonds. The topological polar surface area (TPSA) is 89.9 Å². The number of aromatic nitrogens is 4. The summed E-state index contributed by atoms with van der Waals surface area (Å²) in [4.78, 5) is 28.3. The lowest BCUT2D eigenvalue weighted by Gasteiger charge is -2.15. The van der Waals surface area contributed by atoms with E-state index in [-0.39, 0.29) is 17.5 Å². The summed E-state index contributed by atoms with van der Waals surface area (Å²) < 4.78 is 21.1. The molecule has 0 aliphatic carbocycles. The lowest BCUT2D eigenvalue weighted by molar-refractivity contribution is 0.0599. The number of nitrogens with zero attached hydrogens (tertiary/aromatic N) is 3. The zero-order valence-corrected chi connectivity index (χ0v) is 19.8. The fraction of sp³-hybridized carbons (Fsp3) is 0.391. The minimum atomic E-state index is -0.513. The van der Waals surface area contributed by atoms with Crippen molar-refractivity contribution in [3.05, 3.63) is 52.6 Å². The van der Waals surface area contributed by atoms with Crippen molar-refractivity contribution in [2.45, 2.75) is 51.6 Å². The zero-order chi connectivity index (χ0) is 23.6. The maximum absolute atomic E-state index is 14.4. The molecule has 1 atom stereocenters. The Labute approximate surface area is 190 Å². The van der Waals surface area contributed by atoms with Crippen LogP contribution in [0.15, 0.2) is 29.4 Å². The van der Waals surface area contributed by atoms with E-state index in [9.17, 15) is 14.0 Å². The molecule has 0 radical (unpaired) electrons. The van der Waals surface area contributed by atoms with Gasteiger partial charge in [0.25, 0.3) is 0 Å². The van der Waals surface area contributed by atoms with E-state index in [1.165, 1.54) is 24.9 Å². The third-order valence-corrected chi connectivity index (χ3v) is 6.18. The first-order valence-electron chi connectivity index (χ1n) is 10.3. The average molecular weight is 459 g/mol. The Bertz CT molecular complexity index is 1150. The van der Waals surface area contributed by atoms with E-state index in [0.717, 1.165) is 0 Å². The molecule has 9 heteroatoms. The van der Waals surface area contributed by atoms with E-state index in [0.29, 0.717) is 45.6 Å². The summed E-state index contributed by atoms with van der Waals surface area (Å²) in [7, 11) is 1.31. The number of hydrogen-bond donors (Lipinski definition) is 1. The number of halogens is 1. The second kappa shape index (κ2) is 9.68. The van der Waals surface area contributed by atoms with Crippen LogP contribution in [0.5, 0.6) is 0 Å². The van der Waals surface area contributed by atoms with Crippen LogP contribution in [0.4, 0.5) is 4.39 Å². The Morgan fingerprint density at radius 2 is 1.88 bits per heavy atom. The third kappa shape index (κ3) is 4.62. The van der Waals surface area contributed by atoms with Crippen LogP contribution < -0.4 is 0 Å². The van der Waals surface area contributed by atoms with Gasteiger partial charge in [-0.3, -0.25) is 4.79 Å². The normalized spacial score (nSPS) is 12.2. The monoisotopic (exact) mass is 458 g/mol. The fourth-order valence-corrected chi connectivity index (χ4v) is 4.48. The van der Waals surface area contributed by atoms with Crippen molar-refractivity contribution in [3.63, 3.8) is 0 Å². The highest BCUT2D eigenvalue weighted by Gasteiger charge is 2.28. The number of Topliss-reactive ketones (excluding diaryl/α,β-unsaturated/α-hetero) is 1. The molecule has 0 bridgehead atoms. The van der Waals surface area contributed by atoms with Gasteiger partial charge in [-0.25, -0.2) is 9.18 Å². The minimum Gasteiger partial charge on any atom is -0.465 e. The standard InChI is InChI=1S/C23H27FN4O3S/c1-12(2)11-28-21(16-9-7-8-10-17(16)24)26-27-23(28)32-15(5)20(29)19-13(3)18(14(4)25-19)22(30)31-6/h7-10,12,15,25H,11H2,1-6H3. The summed E-state index contributed by atoms with van der Waals surface area (Å²) in [5.41, 5.74) is 2.25. The number of H-pyrrole nitrogens is 1. The van der Waals surface area contributed by atoms with Crippen molar-refractivity contribution in [1.29, 1.82) is 0 Å². The summed E-state index contributed by atoms with van der Waals surface area (Å²) in [6.07, 6.45) is 0. The van der Waals surface area contributed by atoms with Gasteiger partial charge in [0, 0.05) is 12.2 Å². The van der Waals surface area contributed by atoms with E-state index in [4.69, 9.17) is 4.74 Å². The van der Waals surface area contributed by atoms with E-state index in [2.05, 4.69) is 15.2 Å². The minimum absolute atomic E-state index is 0.169. The number of rotatable bonds is 8. The Balaban J connectivity index is 1.93. The fourth-order valence-electron chi connectivity index (χ4n) is 3.57. The van der Waals surface area contributed by atoms with Gasteiger partial charge in [0.2, 0.25) is 0 Å². The number of aromatic amines is 1. The van der Waals surface area contributed by atoms with Gasteiger partial charge in [0.15, 0.2) is 16.8 Å². The quantitative estimate of drug-likeness (QED) is 0.295. The number of carbonyl (C=O) groups is 2. The molecule has 2 aromatic heterocycles. The molecule has 0 fully saturated rings. The maximum atomic E-state index is 14.4. The van der Waals surface area contributed by atoms with Gasteiger partial charge in [-0.2, -0.15) is 0 Å². The molecule has 3 rings (SSSR count). The second-order valence-electron chi connectivity index (χ2n) is 8.03. The van der Waals surface area contributed by atoms with Gasteiger partial charge in [-0.1, -0.05) is 37.7 Å². The van der Waals surface area contributed by atoms with Crippen molar-refractivity contribution in [1.82, 2.24) is 19.7 Å². The first-order chi connectivity index (χ1) is 15.1. The zero-order valence-electron chi connectivity index (χ0n) is 19.0. The second-order valence-corrected chi connectivity index (χ2v) is 9.34. The van der Waals surface area contributed by atoms with Gasteiger partial charge in [-0.15, -0.1) is 10.2 Å². The van der Waals surface area contributed by atoms with Gasteiger partial charge < -0.3 is 14.3 Å². The summed E-state index contributed by atoms with van der Waals surface area (Å²) >= 11 is 1.26. The first-order valence-corrected chi connectivity index (χ1v) is 11.2. The van der Waals surface area contributed by atoms with Gasteiger partial charge in [0.1, 0.15) is 5.82 Å². The van der Waals surface area contributed by atoms with Gasteiger partial charge >= 0.3 is 5.97 Å². The molecule has 0 aliphatic rings. The molecule has 170 valence electrons. The van der Waals surface area contributed by atoms with Crippen LogP contribution in [0.1, 0.15) is 52.9 Å². The predicted octanol–water partition coefficient (Wildman–Crippen LogP) is 4.84. The van der Waals surface area contributed by atoms with Crippen LogP contribution in [0.3, 0.4) is 0 Å². The number of ketones is 1. The number of carbonyl (C=O) groups excluding carboxylic acids is 2. The van der Waals surface area contributed by atoms with Gasteiger partial charge in [0.05, 0.1) is 29.2 Å². The molecule has 0 saturated carbocycles. The highest BCUT2D eigenvalue weighted by Crippen LogP contribution is 2.31. The average Bonchev–Trinajstić information content (AvgIpc) is 3.26. The number of methoxy groups -OCH3 is 1. The molecule has 1 unspecified atom stereocenters. The first kappa shape index (κ1) is 23.7. The highest BCUT2D eigenvalue weighted by atomic mass is 32.2. The largest absolute Gasteiger partial charge is 0.465 e. The molecule has 1 aromatic carbocycles. The number of thioether (sulfide) groups is 1. The van der Waals surface area contributed by atoms with Gasteiger partial charge in [-0.05, 0) is 44.4 Å². The third-order valence-electron chi connectivity index (χ3n) is 5.10. The highest BCUT2D eigenvalue weighted by molar-refractivity contribution is 8.00. The Hall–Kier alpha value is -2.94. The molecule has 7 nitrogen and oxygen atoms in total. The summed E-state index contributed by atoms with van der Waals surface area (Å²) in [5.74, 6) is -0.339. The SMILES string of the molecule is COC(=O)c1c(C)[nH]c(C(=O)C(C)Sc2nnc(-c3ccccc3F)n2CC(C)C)c1C. The molecule has 2 heterocycles. The molecule has 3 aromatic rings. The summed E-state index contributed by atoms with van der Waals surface area (Å²) in [5, 5.41) is 8.51. The number of ether oxygens (including phenoxy) is 1. The predicted molar refractivity (Wildman–Crippen MR) is 122 cm³/mol. The molecular weight excluding hydrogens is 431 g/mol. The number of aryl methyl sites for hydroxylation is 1. The van der Waals surface area contributed by atoms with Crippen LogP contribution in [-0.4, -0.2) is 43.9 Å². The number of hydrogen-bond acceptors (Lipinski definition) is 6. The number of benzene rings is 1. The van der Waals surface area contributed by atoms with Crippen LogP contribution >= 0.6 is 11.8 Å². The van der Waals surface area contributed by atoms with E-state index >= 15 is 0 Å². The molecule has 32 heavy (non-hydrogen) atoms. The van der Waals surface area contributed by atoms with Crippen molar-refractivity contribution in [3.8, 4) is 11.4 Å². The van der Waals surface area contributed by atoms with Crippen molar-refractivity contribution < 1.29 is 18.7 Å². The summed E-state index contributed by atoms with van der Waals surface area (Å²) in [6, 6.07) is 6.43. The molecule has 0 aliphatic heterocycles. The van der Waals surface area contributed by atoms with Crippen molar-refractivity contribution in [2.24, 2.45) is 5.92 Å². The van der Waals surface area contributed by atoms with Crippen LogP contribution in [0.25, 0.3) is 11.4 Å². The lowest BCUT2D eigenvalue weighted by Crippen LogP contribution is -2.17. The van der Waals surface area contributed by atoms with Crippen LogP contribution in [0.2, 0.25) is 0 Å². The maximum Gasteiger partial charge on any atom is 0.339 e. The van der Waals surface area contributed by atoms with Crippen molar-refractivity contribution in [2.75, 3.05) is 7.11 Å². The number of esters is 1. The van der Waals surface area contributed by atoms with Crippen LogP contribution in [0, 0.1) is 25.6 Å². The number of nitrogens with one attached hydrogen (secondary N) is 1. The molecular formula is C23H27FN4O3S. The molecule has 0 spiro atoms.